The summed E-state index contributed by atoms with van der Waals surface area (Å²) in [6, 6.07) is 4.65. The smallest absolute Gasteiger partial charge is 0.336 e. The molecule has 9 nitrogen and oxygen atoms in total. The van der Waals surface area contributed by atoms with Crippen molar-refractivity contribution in [1.82, 2.24) is 5.32 Å². The van der Waals surface area contributed by atoms with Gasteiger partial charge >= 0.3 is 11.9 Å². The highest BCUT2D eigenvalue weighted by atomic mass is 16.6. The molecule has 1 aliphatic carbocycles. The van der Waals surface area contributed by atoms with Gasteiger partial charge in [0.05, 0.1) is 32.5 Å². The molecule has 0 aromatic heterocycles. The van der Waals surface area contributed by atoms with Gasteiger partial charge in [-0.2, -0.15) is 0 Å². The summed E-state index contributed by atoms with van der Waals surface area (Å²) in [5.41, 5.74) is 2.30. The number of dihydropyridines is 1. The number of benzene rings is 1. The minimum Gasteiger partial charge on any atom is -0.504 e. The number of ketones is 1. The van der Waals surface area contributed by atoms with Crippen molar-refractivity contribution in [2.45, 2.75) is 46.1 Å². The highest BCUT2D eigenvalue weighted by Gasteiger charge is 2.47. The molecule has 0 bridgehead atoms. The molecule has 1 aromatic rings. The molecule has 2 aliphatic rings. The molecule has 9 heteroatoms. The van der Waals surface area contributed by atoms with E-state index in [9.17, 15) is 19.5 Å². The number of hydrogen-bond acceptors (Lipinski definition) is 9. The molecule has 0 fully saturated rings. The van der Waals surface area contributed by atoms with Crippen molar-refractivity contribution in [1.29, 1.82) is 0 Å². The fraction of sp³-hybridized carbons (Fsp3) is 0.500. The summed E-state index contributed by atoms with van der Waals surface area (Å²) in [6.07, 6.45) is 0.419. The molecule has 35 heavy (non-hydrogen) atoms. The van der Waals surface area contributed by atoms with E-state index >= 15 is 0 Å². The molecule has 1 heterocycles. The number of hydrogen-bond donors (Lipinski definition) is 2. The number of ether oxygens (including phenoxy) is 4. The summed E-state index contributed by atoms with van der Waals surface area (Å²) in [5.74, 6) is -3.61. The van der Waals surface area contributed by atoms with Crippen molar-refractivity contribution in [2.24, 2.45) is 11.8 Å². The predicted molar refractivity (Wildman–Crippen MR) is 127 cm³/mol. The van der Waals surface area contributed by atoms with Crippen LogP contribution in [0.15, 0.2) is 40.7 Å². The van der Waals surface area contributed by atoms with Crippen LogP contribution in [0.25, 0.3) is 0 Å². The number of methoxy groups -OCH3 is 2. The van der Waals surface area contributed by atoms with Crippen LogP contribution < -0.4 is 10.1 Å². The third-order valence-corrected chi connectivity index (χ3v) is 6.27. The highest BCUT2D eigenvalue weighted by Crippen LogP contribution is 2.46. The van der Waals surface area contributed by atoms with Gasteiger partial charge < -0.3 is 29.4 Å². The summed E-state index contributed by atoms with van der Waals surface area (Å²) in [6.45, 7) is 7.61. The van der Waals surface area contributed by atoms with E-state index in [1.54, 1.807) is 19.1 Å². The maximum Gasteiger partial charge on any atom is 0.336 e. The average Bonchev–Trinajstić information content (AvgIpc) is 2.80. The third-order valence-electron chi connectivity index (χ3n) is 6.27. The molecule has 1 aliphatic heterocycles. The lowest BCUT2D eigenvalue weighted by atomic mass is 9.69. The van der Waals surface area contributed by atoms with Gasteiger partial charge in [0.25, 0.3) is 0 Å². The van der Waals surface area contributed by atoms with Gasteiger partial charge in [0, 0.05) is 22.9 Å². The number of Topliss-reactive ketones (excluding diaryl/α,β-unsaturated/α-hetero) is 1. The molecule has 0 saturated heterocycles. The van der Waals surface area contributed by atoms with Crippen molar-refractivity contribution in [3.8, 4) is 11.5 Å². The first-order valence-corrected chi connectivity index (χ1v) is 11.6. The van der Waals surface area contributed by atoms with Crippen LogP contribution in [0, 0.1) is 11.8 Å². The third kappa shape index (κ3) is 5.35. The Kier molecular flexibility index (Phi) is 8.22. The summed E-state index contributed by atoms with van der Waals surface area (Å²) < 4.78 is 21.1. The van der Waals surface area contributed by atoms with Gasteiger partial charge in [-0.1, -0.05) is 13.0 Å². The first kappa shape index (κ1) is 26.3. The number of phenols is 1. The Labute approximate surface area is 205 Å². The second-order valence-electron chi connectivity index (χ2n) is 9.02. The molecule has 2 N–H and O–H groups in total. The standard InChI is InChI=1S/C26H33NO8/c1-13(2)34-9-10-35-26(31)21-15(4)27-17-11-14(3)20(25(30)33-6)24(29)23(17)22(21)16-7-8-18(28)19(12-16)32-5/h7-8,12-14,20,22,27-28H,9-11H2,1-6H3/t14-,20+,22+/m0/s1. The minimum absolute atomic E-state index is 0.00645. The maximum atomic E-state index is 13.7. The molecule has 0 spiro atoms. The van der Waals surface area contributed by atoms with Crippen LogP contribution in [0.3, 0.4) is 0 Å². The van der Waals surface area contributed by atoms with Gasteiger partial charge in [-0.15, -0.1) is 0 Å². The van der Waals surface area contributed by atoms with E-state index in [0.717, 1.165) is 0 Å². The van der Waals surface area contributed by atoms with Gasteiger partial charge in [-0.25, -0.2) is 4.79 Å². The minimum atomic E-state index is -0.989. The number of nitrogens with one attached hydrogen (secondary N) is 1. The van der Waals surface area contributed by atoms with E-state index < -0.39 is 29.6 Å². The lowest BCUT2D eigenvalue weighted by Gasteiger charge is -2.38. The first-order valence-electron chi connectivity index (χ1n) is 11.6. The van der Waals surface area contributed by atoms with Crippen molar-refractivity contribution in [3.05, 3.63) is 46.3 Å². The predicted octanol–water partition coefficient (Wildman–Crippen LogP) is 2.98. The molecule has 0 amide bonds. The maximum absolute atomic E-state index is 13.7. The lowest BCUT2D eigenvalue weighted by Crippen LogP contribution is -2.43. The number of esters is 2. The van der Waals surface area contributed by atoms with Gasteiger partial charge in [0.1, 0.15) is 12.5 Å². The van der Waals surface area contributed by atoms with E-state index in [1.165, 1.54) is 20.3 Å². The quantitative estimate of drug-likeness (QED) is 0.324. The summed E-state index contributed by atoms with van der Waals surface area (Å²) in [4.78, 5) is 39.5. The van der Waals surface area contributed by atoms with Crippen molar-refractivity contribution in [2.75, 3.05) is 27.4 Å². The van der Waals surface area contributed by atoms with Gasteiger partial charge in [0.2, 0.25) is 0 Å². The second-order valence-corrected chi connectivity index (χ2v) is 9.02. The van der Waals surface area contributed by atoms with Crippen LogP contribution in [-0.4, -0.2) is 56.4 Å². The summed E-state index contributed by atoms with van der Waals surface area (Å²) in [5, 5.41) is 13.3. The van der Waals surface area contributed by atoms with E-state index in [0.29, 0.717) is 29.0 Å². The molecular formula is C26H33NO8. The molecule has 0 saturated carbocycles. The Hall–Kier alpha value is -3.33. The van der Waals surface area contributed by atoms with E-state index in [1.807, 2.05) is 20.8 Å². The van der Waals surface area contributed by atoms with Crippen LogP contribution in [0.1, 0.15) is 45.6 Å². The number of carbonyl (C=O) groups is 3. The Balaban J connectivity index is 2.09. The monoisotopic (exact) mass is 487 g/mol. The average molecular weight is 488 g/mol. The van der Waals surface area contributed by atoms with Gasteiger partial charge in [-0.3, -0.25) is 9.59 Å². The Bertz CT molecular complexity index is 1070. The van der Waals surface area contributed by atoms with Crippen molar-refractivity contribution < 1.29 is 38.4 Å². The summed E-state index contributed by atoms with van der Waals surface area (Å²) in [7, 11) is 2.66. The van der Waals surface area contributed by atoms with E-state index in [4.69, 9.17) is 18.9 Å². The van der Waals surface area contributed by atoms with E-state index in [2.05, 4.69) is 5.32 Å². The number of carbonyl (C=O) groups excluding carboxylic acids is 3. The number of rotatable bonds is 8. The fourth-order valence-electron chi connectivity index (χ4n) is 4.65. The fourth-order valence-corrected chi connectivity index (χ4v) is 4.65. The number of phenolic OH excluding ortho intramolecular Hbond substituents is 1. The Morgan fingerprint density at radius 3 is 2.54 bits per heavy atom. The molecule has 1 aromatic carbocycles. The lowest BCUT2D eigenvalue weighted by molar-refractivity contribution is -0.151. The largest absolute Gasteiger partial charge is 0.504 e. The van der Waals surface area contributed by atoms with Crippen molar-refractivity contribution >= 4 is 17.7 Å². The zero-order valence-corrected chi connectivity index (χ0v) is 21.0. The second kappa shape index (κ2) is 10.9. The van der Waals surface area contributed by atoms with Crippen LogP contribution in [0.5, 0.6) is 11.5 Å². The molecule has 3 rings (SSSR count). The first-order chi connectivity index (χ1) is 16.6. The Morgan fingerprint density at radius 2 is 1.91 bits per heavy atom. The van der Waals surface area contributed by atoms with Crippen molar-refractivity contribution in [3.63, 3.8) is 0 Å². The Morgan fingerprint density at radius 1 is 1.20 bits per heavy atom. The highest BCUT2D eigenvalue weighted by molar-refractivity contribution is 6.12. The van der Waals surface area contributed by atoms with E-state index in [-0.39, 0.29) is 42.3 Å². The van der Waals surface area contributed by atoms with Crippen LogP contribution in [0.4, 0.5) is 0 Å². The van der Waals surface area contributed by atoms with Crippen LogP contribution in [-0.2, 0) is 28.6 Å². The van der Waals surface area contributed by atoms with Crippen LogP contribution >= 0.6 is 0 Å². The SMILES string of the molecule is COC(=O)[C@H]1C(=O)C2=C(C[C@@H]1C)NC(C)=C(C(=O)OCCOC(C)C)[C@H]2c1ccc(O)c(OC)c1. The molecule has 3 atom stereocenters. The summed E-state index contributed by atoms with van der Waals surface area (Å²) >= 11 is 0. The van der Waals surface area contributed by atoms with Crippen LogP contribution in [0.2, 0.25) is 0 Å². The van der Waals surface area contributed by atoms with Gasteiger partial charge in [-0.05, 0) is 50.8 Å². The number of allylic oxidation sites excluding steroid dienone is 3. The molecule has 190 valence electrons. The zero-order valence-electron chi connectivity index (χ0n) is 21.0. The molecule has 0 radical (unpaired) electrons. The molecular weight excluding hydrogens is 454 g/mol. The number of aromatic hydroxyl groups is 1. The molecule has 0 unspecified atom stereocenters. The normalized spacial score (nSPS) is 22.0. The zero-order chi connectivity index (χ0) is 25.9. The topological polar surface area (TPSA) is 120 Å². The van der Waals surface area contributed by atoms with Gasteiger partial charge in [0.15, 0.2) is 17.3 Å².